The lowest BCUT2D eigenvalue weighted by Gasteiger charge is -2.21. The number of ether oxygens (including phenoxy) is 3. The van der Waals surface area contributed by atoms with Crippen LogP contribution < -0.4 is 18.9 Å². The molecule has 1 aromatic carbocycles. The second-order valence-corrected chi connectivity index (χ2v) is 12.1. The number of nitrogens with one attached hydrogen (secondary N) is 1. The molecule has 13 nitrogen and oxygen atoms in total. The zero-order valence-electron chi connectivity index (χ0n) is 23.9. The number of hydrogen-bond acceptors (Lipinski definition) is 11. The van der Waals surface area contributed by atoms with Gasteiger partial charge < -0.3 is 19.3 Å². The van der Waals surface area contributed by atoms with Gasteiger partial charge in [-0.05, 0) is 39.0 Å². The summed E-state index contributed by atoms with van der Waals surface area (Å²) in [5.74, 6) is -0.309. The molecule has 15 heteroatoms. The first-order valence-corrected chi connectivity index (χ1v) is 14.4. The van der Waals surface area contributed by atoms with Crippen LogP contribution >= 0.6 is 0 Å². The molecule has 0 spiro atoms. The molecule has 3 heterocycles. The molecular weight excluding hydrogens is 569 g/mol. The molecule has 0 saturated heterocycles. The Morgan fingerprint density at radius 3 is 2.24 bits per heavy atom. The van der Waals surface area contributed by atoms with Crippen LogP contribution in [0.15, 0.2) is 48.8 Å². The number of benzene rings is 1. The van der Waals surface area contributed by atoms with Crippen LogP contribution in [0.4, 0.5) is 10.3 Å². The van der Waals surface area contributed by atoms with E-state index in [4.69, 9.17) is 14.2 Å². The average molecular weight is 602 g/mol. The summed E-state index contributed by atoms with van der Waals surface area (Å²) in [6.07, 6.45) is 1.96. The summed E-state index contributed by atoms with van der Waals surface area (Å²) in [5, 5.41) is 17.4. The SMILES string of the molecule is COc1cccc(OC)c1-n1c(NS(=O)(=O)[C@@H](C)[C@H](C)c2ncc(F)cn2)nnc1-c1cccc(OCC(C)(C)O)n1. The predicted molar refractivity (Wildman–Crippen MR) is 152 cm³/mol. The fourth-order valence-corrected chi connectivity index (χ4v) is 5.14. The summed E-state index contributed by atoms with van der Waals surface area (Å²) in [6, 6.07) is 10.00. The minimum atomic E-state index is -4.14. The number of pyridine rings is 1. The van der Waals surface area contributed by atoms with Gasteiger partial charge in [0.15, 0.2) is 11.6 Å². The Morgan fingerprint density at radius 2 is 1.64 bits per heavy atom. The normalized spacial score (nSPS) is 13.3. The Morgan fingerprint density at radius 1 is 1.02 bits per heavy atom. The Labute approximate surface area is 242 Å². The van der Waals surface area contributed by atoms with Gasteiger partial charge in [0, 0.05) is 12.0 Å². The van der Waals surface area contributed by atoms with Gasteiger partial charge >= 0.3 is 0 Å². The second kappa shape index (κ2) is 12.2. The molecule has 0 bridgehead atoms. The van der Waals surface area contributed by atoms with Crippen LogP contribution in [0.5, 0.6) is 17.4 Å². The van der Waals surface area contributed by atoms with Crippen molar-refractivity contribution in [2.45, 2.75) is 44.5 Å². The predicted octanol–water partition coefficient (Wildman–Crippen LogP) is 3.36. The van der Waals surface area contributed by atoms with Crippen molar-refractivity contribution in [3.63, 3.8) is 0 Å². The van der Waals surface area contributed by atoms with E-state index in [-0.39, 0.29) is 35.8 Å². The highest BCUT2D eigenvalue weighted by Crippen LogP contribution is 2.38. The van der Waals surface area contributed by atoms with Crippen LogP contribution in [0.2, 0.25) is 0 Å². The van der Waals surface area contributed by atoms with Crippen LogP contribution in [0.25, 0.3) is 17.2 Å². The maximum atomic E-state index is 13.6. The van der Waals surface area contributed by atoms with Crippen molar-refractivity contribution in [1.29, 1.82) is 0 Å². The van der Waals surface area contributed by atoms with Gasteiger partial charge in [0.1, 0.15) is 35.3 Å². The zero-order valence-corrected chi connectivity index (χ0v) is 24.8. The molecule has 0 amide bonds. The van der Waals surface area contributed by atoms with E-state index in [1.165, 1.54) is 25.7 Å². The first kappa shape index (κ1) is 30.6. The first-order valence-electron chi connectivity index (χ1n) is 12.8. The number of rotatable bonds is 12. The number of para-hydroxylation sites is 1. The number of hydrogen-bond donors (Lipinski definition) is 2. The number of nitrogens with zero attached hydrogens (tertiary/aromatic N) is 6. The molecular formula is C27H32FN7O6S. The van der Waals surface area contributed by atoms with E-state index in [1.807, 2.05) is 0 Å². The van der Waals surface area contributed by atoms with E-state index in [9.17, 15) is 17.9 Å². The summed E-state index contributed by atoms with van der Waals surface area (Å²) in [5.41, 5.74) is -0.497. The molecule has 224 valence electrons. The van der Waals surface area contributed by atoms with E-state index in [0.717, 1.165) is 12.4 Å². The Bertz CT molecular complexity index is 1620. The molecule has 42 heavy (non-hydrogen) atoms. The average Bonchev–Trinajstić information content (AvgIpc) is 3.37. The van der Waals surface area contributed by atoms with Gasteiger partial charge in [-0.3, -0.25) is 9.29 Å². The maximum Gasteiger partial charge on any atom is 0.243 e. The monoisotopic (exact) mass is 601 g/mol. The minimum Gasteiger partial charge on any atom is -0.494 e. The van der Waals surface area contributed by atoms with Crippen LogP contribution in [0.1, 0.15) is 39.4 Å². The third-order valence-electron chi connectivity index (χ3n) is 6.29. The van der Waals surface area contributed by atoms with Crippen LogP contribution in [0, 0.1) is 5.82 Å². The van der Waals surface area contributed by atoms with Crippen LogP contribution in [-0.4, -0.2) is 74.9 Å². The van der Waals surface area contributed by atoms with Crippen molar-refractivity contribution in [3.05, 3.63) is 60.4 Å². The van der Waals surface area contributed by atoms with Gasteiger partial charge in [0.25, 0.3) is 0 Å². The molecule has 4 aromatic rings. The maximum absolute atomic E-state index is 13.6. The third-order valence-corrected chi connectivity index (χ3v) is 8.14. The number of aliphatic hydroxyl groups is 1. The summed E-state index contributed by atoms with van der Waals surface area (Å²) < 4.78 is 61.3. The standard InChI is InChI=1S/C27H32FN7O6S/c1-16(24-29-13-18(28)14-30-24)17(2)42(37,38)34-26-33-32-25(19-9-7-12-22(31-19)41-15-27(3,4)36)35(26)23-20(39-5)10-8-11-21(23)40-6/h7-14,16-17,36H,15H2,1-6H3,(H,33,34)/t16-,17-/m0/s1. The molecule has 0 fully saturated rings. The lowest BCUT2D eigenvalue weighted by Crippen LogP contribution is -2.31. The number of sulfonamides is 1. The van der Waals surface area contributed by atoms with Gasteiger partial charge in [0.05, 0.1) is 37.5 Å². The number of halogens is 1. The van der Waals surface area contributed by atoms with Crippen molar-refractivity contribution in [1.82, 2.24) is 29.7 Å². The summed E-state index contributed by atoms with van der Waals surface area (Å²) in [4.78, 5) is 12.4. The number of anilines is 1. The molecule has 0 aliphatic rings. The van der Waals surface area contributed by atoms with Crippen LogP contribution in [0.3, 0.4) is 0 Å². The van der Waals surface area contributed by atoms with E-state index in [2.05, 4.69) is 29.9 Å². The lowest BCUT2D eigenvalue weighted by molar-refractivity contribution is 0.0269. The Kier molecular flexibility index (Phi) is 8.92. The first-order chi connectivity index (χ1) is 19.8. The summed E-state index contributed by atoms with van der Waals surface area (Å²) in [6.45, 7) is 6.29. The molecule has 0 aliphatic heterocycles. The van der Waals surface area contributed by atoms with Crippen molar-refractivity contribution in [2.24, 2.45) is 0 Å². The van der Waals surface area contributed by atoms with E-state index in [1.54, 1.807) is 57.2 Å². The van der Waals surface area contributed by atoms with Gasteiger partial charge in [-0.25, -0.2) is 27.8 Å². The van der Waals surface area contributed by atoms with E-state index >= 15 is 0 Å². The van der Waals surface area contributed by atoms with E-state index < -0.39 is 32.6 Å². The highest BCUT2D eigenvalue weighted by molar-refractivity contribution is 7.93. The third kappa shape index (κ3) is 6.74. The molecule has 0 unspecified atom stereocenters. The Balaban J connectivity index is 1.81. The fourth-order valence-electron chi connectivity index (χ4n) is 3.91. The number of aromatic nitrogens is 6. The Hall–Kier alpha value is -4.37. The molecule has 0 saturated carbocycles. The summed E-state index contributed by atoms with van der Waals surface area (Å²) >= 11 is 0. The van der Waals surface area contributed by atoms with Crippen LogP contribution in [-0.2, 0) is 10.0 Å². The van der Waals surface area contributed by atoms with Crippen molar-refractivity contribution >= 4 is 16.0 Å². The molecule has 4 rings (SSSR count). The molecule has 3 aromatic heterocycles. The van der Waals surface area contributed by atoms with Gasteiger partial charge in [-0.15, -0.1) is 10.2 Å². The quantitative estimate of drug-likeness (QED) is 0.245. The zero-order chi connectivity index (χ0) is 30.7. The largest absolute Gasteiger partial charge is 0.494 e. The van der Waals surface area contributed by atoms with Crippen molar-refractivity contribution < 1.29 is 32.1 Å². The van der Waals surface area contributed by atoms with Crippen molar-refractivity contribution in [3.8, 4) is 34.6 Å². The van der Waals surface area contributed by atoms with Gasteiger partial charge in [-0.2, -0.15) is 0 Å². The minimum absolute atomic E-state index is 0.0185. The lowest BCUT2D eigenvalue weighted by atomic mass is 10.1. The smallest absolute Gasteiger partial charge is 0.243 e. The molecule has 2 N–H and O–H groups in total. The molecule has 2 atom stereocenters. The van der Waals surface area contributed by atoms with Crippen molar-refractivity contribution in [2.75, 3.05) is 25.5 Å². The molecule has 0 radical (unpaired) electrons. The van der Waals surface area contributed by atoms with E-state index in [0.29, 0.717) is 17.2 Å². The van der Waals surface area contributed by atoms with Gasteiger partial charge in [0.2, 0.25) is 21.9 Å². The topological polar surface area (TPSA) is 163 Å². The second-order valence-electron chi connectivity index (χ2n) is 10.1. The van der Waals surface area contributed by atoms with Gasteiger partial charge in [-0.1, -0.05) is 19.1 Å². The highest BCUT2D eigenvalue weighted by atomic mass is 32.2. The number of methoxy groups -OCH3 is 2. The molecule has 0 aliphatic carbocycles. The summed E-state index contributed by atoms with van der Waals surface area (Å²) in [7, 11) is -1.22. The fraction of sp³-hybridized carbons (Fsp3) is 0.370. The highest BCUT2D eigenvalue weighted by Gasteiger charge is 2.32.